The SMILES string of the molecule is CCOCCCn1c(SCC(=O)N2CCOc3ccc(C)cc32)nc2ccccc2c1=O. The molecule has 0 atom stereocenters. The van der Waals surface area contributed by atoms with Gasteiger partial charge >= 0.3 is 0 Å². The summed E-state index contributed by atoms with van der Waals surface area (Å²) in [6.07, 6.45) is 0.700. The van der Waals surface area contributed by atoms with Crippen molar-refractivity contribution >= 4 is 34.3 Å². The molecule has 1 aliphatic heterocycles. The Kier molecular flexibility index (Phi) is 7.12. The van der Waals surface area contributed by atoms with Crippen LogP contribution >= 0.6 is 11.8 Å². The zero-order chi connectivity index (χ0) is 22.5. The Morgan fingerprint density at radius 2 is 2.09 bits per heavy atom. The standard InChI is InChI=1S/C24H27N3O4S/c1-3-30-13-6-11-27-23(29)18-7-4-5-8-19(18)25-24(27)32-16-22(28)26-12-14-31-21-10-9-17(2)15-20(21)26/h4-5,7-10,15H,3,6,11-14,16H2,1-2H3. The first-order valence-electron chi connectivity index (χ1n) is 10.8. The van der Waals surface area contributed by atoms with Crippen LogP contribution in [-0.2, 0) is 16.1 Å². The highest BCUT2D eigenvalue weighted by molar-refractivity contribution is 7.99. The van der Waals surface area contributed by atoms with Crippen molar-refractivity contribution in [2.45, 2.75) is 32.0 Å². The molecule has 1 amide bonds. The average molecular weight is 454 g/mol. The van der Waals surface area contributed by atoms with E-state index in [-0.39, 0.29) is 17.2 Å². The number of aromatic nitrogens is 2. The molecule has 1 aliphatic rings. The minimum atomic E-state index is -0.0885. The quantitative estimate of drug-likeness (QED) is 0.295. The van der Waals surface area contributed by atoms with Crippen LogP contribution in [0.2, 0.25) is 0 Å². The van der Waals surface area contributed by atoms with Gasteiger partial charge in [-0.1, -0.05) is 30.0 Å². The fourth-order valence-electron chi connectivity index (χ4n) is 3.72. The van der Waals surface area contributed by atoms with E-state index in [2.05, 4.69) is 0 Å². The Labute approximate surface area is 191 Å². The third kappa shape index (κ3) is 4.81. The fourth-order valence-corrected chi connectivity index (χ4v) is 4.62. The molecule has 2 heterocycles. The largest absolute Gasteiger partial charge is 0.490 e. The maximum absolute atomic E-state index is 13.1. The highest BCUT2D eigenvalue weighted by atomic mass is 32.2. The number of rotatable bonds is 8. The Morgan fingerprint density at radius 1 is 1.25 bits per heavy atom. The van der Waals surface area contributed by atoms with E-state index in [4.69, 9.17) is 14.5 Å². The van der Waals surface area contributed by atoms with Crippen LogP contribution in [-0.4, -0.2) is 47.6 Å². The van der Waals surface area contributed by atoms with Gasteiger partial charge in [-0.2, -0.15) is 0 Å². The van der Waals surface area contributed by atoms with E-state index in [9.17, 15) is 9.59 Å². The van der Waals surface area contributed by atoms with Crippen LogP contribution in [0, 0.1) is 6.92 Å². The van der Waals surface area contributed by atoms with E-state index in [1.165, 1.54) is 11.8 Å². The number of carbonyl (C=O) groups is 1. The first-order chi connectivity index (χ1) is 15.6. The molecule has 0 bridgehead atoms. The van der Waals surface area contributed by atoms with Crippen molar-refractivity contribution in [1.29, 1.82) is 0 Å². The van der Waals surface area contributed by atoms with Crippen LogP contribution in [0.1, 0.15) is 18.9 Å². The molecule has 0 unspecified atom stereocenters. The summed E-state index contributed by atoms with van der Waals surface area (Å²) in [5.74, 6) is 0.870. The lowest BCUT2D eigenvalue weighted by molar-refractivity contribution is -0.116. The fraction of sp³-hybridized carbons (Fsp3) is 0.375. The van der Waals surface area contributed by atoms with Gasteiger partial charge < -0.3 is 14.4 Å². The summed E-state index contributed by atoms with van der Waals surface area (Å²) in [5, 5.41) is 1.13. The zero-order valence-electron chi connectivity index (χ0n) is 18.4. The molecular formula is C24H27N3O4S. The monoisotopic (exact) mass is 453 g/mol. The molecule has 4 rings (SSSR count). The van der Waals surface area contributed by atoms with Gasteiger partial charge in [0.15, 0.2) is 5.16 Å². The van der Waals surface area contributed by atoms with Crippen LogP contribution in [0.5, 0.6) is 5.75 Å². The number of hydrogen-bond acceptors (Lipinski definition) is 6. The molecular weight excluding hydrogens is 426 g/mol. The minimum absolute atomic E-state index is 0.0339. The van der Waals surface area contributed by atoms with Gasteiger partial charge in [0.1, 0.15) is 12.4 Å². The van der Waals surface area contributed by atoms with Crippen molar-refractivity contribution in [2.24, 2.45) is 0 Å². The molecule has 1 aromatic heterocycles. The van der Waals surface area contributed by atoms with Crippen molar-refractivity contribution in [1.82, 2.24) is 9.55 Å². The van der Waals surface area contributed by atoms with E-state index < -0.39 is 0 Å². The molecule has 32 heavy (non-hydrogen) atoms. The van der Waals surface area contributed by atoms with Gasteiger partial charge in [-0.3, -0.25) is 14.2 Å². The number of para-hydroxylation sites is 1. The maximum Gasteiger partial charge on any atom is 0.262 e. The molecule has 0 saturated heterocycles. The van der Waals surface area contributed by atoms with E-state index in [0.717, 1.165) is 17.0 Å². The maximum atomic E-state index is 13.1. The lowest BCUT2D eigenvalue weighted by Crippen LogP contribution is -2.39. The summed E-state index contributed by atoms with van der Waals surface area (Å²) in [6.45, 7) is 6.61. The van der Waals surface area contributed by atoms with Gasteiger partial charge in [-0.15, -0.1) is 0 Å². The molecule has 0 N–H and O–H groups in total. The van der Waals surface area contributed by atoms with Gasteiger partial charge in [-0.05, 0) is 50.1 Å². The first-order valence-corrected chi connectivity index (χ1v) is 11.8. The normalized spacial score (nSPS) is 13.1. The van der Waals surface area contributed by atoms with Crippen molar-refractivity contribution in [3.63, 3.8) is 0 Å². The summed E-state index contributed by atoms with van der Waals surface area (Å²) >= 11 is 1.30. The van der Waals surface area contributed by atoms with Crippen LogP contribution < -0.4 is 15.2 Å². The van der Waals surface area contributed by atoms with Crippen molar-refractivity contribution in [2.75, 3.05) is 37.0 Å². The van der Waals surface area contributed by atoms with Gasteiger partial charge in [0.2, 0.25) is 5.91 Å². The summed E-state index contributed by atoms with van der Waals surface area (Å²) in [5.41, 5.74) is 2.41. The van der Waals surface area contributed by atoms with Gasteiger partial charge in [0, 0.05) is 19.8 Å². The van der Waals surface area contributed by atoms with E-state index in [1.54, 1.807) is 15.5 Å². The summed E-state index contributed by atoms with van der Waals surface area (Å²) in [7, 11) is 0. The van der Waals surface area contributed by atoms with Gasteiger partial charge in [-0.25, -0.2) is 4.98 Å². The van der Waals surface area contributed by atoms with Crippen LogP contribution in [0.3, 0.4) is 0 Å². The first kappa shape index (κ1) is 22.4. The lowest BCUT2D eigenvalue weighted by Gasteiger charge is -2.29. The molecule has 7 nitrogen and oxygen atoms in total. The number of carbonyl (C=O) groups excluding carboxylic acids is 1. The molecule has 168 valence electrons. The molecule has 0 saturated carbocycles. The molecule has 0 spiro atoms. The second kappa shape index (κ2) is 10.2. The number of ether oxygens (including phenoxy) is 2. The van der Waals surface area contributed by atoms with Crippen LogP contribution in [0.25, 0.3) is 10.9 Å². The summed E-state index contributed by atoms with van der Waals surface area (Å²) in [4.78, 5) is 32.7. The number of benzene rings is 2. The van der Waals surface area contributed by atoms with Crippen LogP contribution in [0.4, 0.5) is 5.69 Å². The molecule has 8 heteroatoms. The van der Waals surface area contributed by atoms with Gasteiger partial charge in [0.25, 0.3) is 5.56 Å². The Hall–Kier alpha value is -2.84. The number of thioether (sulfide) groups is 1. The second-order valence-corrected chi connectivity index (χ2v) is 8.51. The Balaban J connectivity index is 1.57. The number of amides is 1. The molecule has 0 aliphatic carbocycles. The highest BCUT2D eigenvalue weighted by Crippen LogP contribution is 2.33. The lowest BCUT2D eigenvalue weighted by atomic mass is 10.1. The Morgan fingerprint density at radius 3 is 2.94 bits per heavy atom. The number of nitrogens with zero attached hydrogens (tertiary/aromatic N) is 3. The number of hydrogen-bond donors (Lipinski definition) is 0. The highest BCUT2D eigenvalue weighted by Gasteiger charge is 2.24. The second-order valence-electron chi connectivity index (χ2n) is 7.57. The third-order valence-corrected chi connectivity index (χ3v) is 6.27. The Bertz CT molecular complexity index is 1180. The number of fused-ring (bicyclic) bond motifs is 2. The van der Waals surface area contributed by atoms with Crippen molar-refractivity contribution < 1.29 is 14.3 Å². The van der Waals surface area contributed by atoms with Gasteiger partial charge in [0.05, 0.1) is 28.9 Å². The average Bonchev–Trinajstić information content (AvgIpc) is 2.81. The zero-order valence-corrected chi connectivity index (χ0v) is 19.2. The summed E-state index contributed by atoms with van der Waals surface area (Å²) in [6, 6.07) is 13.2. The molecule has 0 radical (unpaired) electrons. The molecule has 2 aromatic carbocycles. The topological polar surface area (TPSA) is 73.7 Å². The third-order valence-electron chi connectivity index (χ3n) is 5.30. The van der Waals surface area contributed by atoms with E-state index in [1.807, 2.05) is 50.2 Å². The van der Waals surface area contributed by atoms with E-state index >= 15 is 0 Å². The summed E-state index contributed by atoms with van der Waals surface area (Å²) < 4.78 is 12.8. The molecule has 0 fully saturated rings. The predicted octanol–water partition coefficient (Wildman–Crippen LogP) is 3.65. The van der Waals surface area contributed by atoms with Crippen molar-refractivity contribution in [3.8, 4) is 5.75 Å². The predicted molar refractivity (Wildman–Crippen MR) is 127 cm³/mol. The van der Waals surface area contributed by atoms with E-state index in [0.29, 0.717) is 55.4 Å². The minimum Gasteiger partial charge on any atom is -0.490 e. The smallest absolute Gasteiger partial charge is 0.262 e. The molecule has 3 aromatic rings. The van der Waals surface area contributed by atoms with Crippen LogP contribution in [0.15, 0.2) is 52.4 Å². The number of anilines is 1. The number of aryl methyl sites for hydroxylation is 1. The van der Waals surface area contributed by atoms with Crippen molar-refractivity contribution in [3.05, 3.63) is 58.4 Å².